The highest BCUT2D eigenvalue weighted by Gasteiger charge is 2.31. The Balaban J connectivity index is 1.51. The van der Waals surface area contributed by atoms with Crippen molar-refractivity contribution in [3.63, 3.8) is 0 Å². The Labute approximate surface area is 173 Å². The number of esters is 1. The number of nitrogens with one attached hydrogen (secondary N) is 1. The number of hydrogen-bond donors (Lipinski definition) is 1. The lowest BCUT2D eigenvalue weighted by atomic mass is 9.98. The van der Waals surface area contributed by atoms with Gasteiger partial charge < -0.3 is 10.1 Å². The average molecular weight is 405 g/mol. The number of ether oxygens (including phenoxy) is 1. The van der Waals surface area contributed by atoms with Crippen LogP contribution in [-0.4, -0.2) is 41.2 Å². The summed E-state index contributed by atoms with van der Waals surface area (Å²) in [5.74, 6) is -2.05. The Morgan fingerprint density at radius 1 is 1.17 bits per heavy atom. The van der Waals surface area contributed by atoms with E-state index < -0.39 is 23.9 Å². The first kappa shape index (κ1) is 20.7. The fourth-order valence-corrected chi connectivity index (χ4v) is 3.01. The van der Waals surface area contributed by atoms with Crippen molar-refractivity contribution in [2.75, 3.05) is 11.9 Å². The molecule has 0 aliphatic carbocycles. The highest BCUT2D eigenvalue weighted by molar-refractivity contribution is 6.09. The van der Waals surface area contributed by atoms with Crippen LogP contribution in [0, 0.1) is 11.3 Å². The summed E-state index contributed by atoms with van der Waals surface area (Å²) in [6, 6.07) is 15.1. The molecule has 0 fully saturated rings. The van der Waals surface area contributed by atoms with E-state index in [0.29, 0.717) is 22.4 Å². The van der Waals surface area contributed by atoms with E-state index in [1.54, 1.807) is 48.5 Å². The van der Waals surface area contributed by atoms with Crippen molar-refractivity contribution in [1.82, 2.24) is 4.90 Å². The van der Waals surface area contributed by atoms with Crippen LogP contribution in [0.5, 0.6) is 0 Å². The summed E-state index contributed by atoms with van der Waals surface area (Å²) in [5, 5.41) is 11.4. The molecule has 0 radical (unpaired) electrons. The van der Waals surface area contributed by atoms with Gasteiger partial charge in [0.05, 0.1) is 24.5 Å². The Morgan fingerprint density at radius 3 is 2.57 bits per heavy atom. The number of carbonyl (C=O) groups excluding carboxylic acids is 4. The average Bonchev–Trinajstić information content (AvgIpc) is 2.74. The van der Waals surface area contributed by atoms with Crippen LogP contribution < -0.4 is 5.32 Å². The smallest absolute Gasteiger partial charge is 0.308 e. The molecule has 8 heteroatoms. The van der Waals surface area contributed by atoms with Crippen LogP contribution >= 0.6 is 0 Å². The van der Waals surface area contributed by atoms with Crippen LogP contribution in [0.1, 0.15) is 34.8 Å². The molecule has 1 aliphatic rings. The largest absolute Gasteiger partial charge is 0.452 e. The molecule has 30 heavy (non-hydrogen) atoms. The minimum Gasteiger partial charge on any atom is -0.452 e. The molecule has 0 aromatic heterocycles. The number of nitriles is 1. The molecule has 3 amide bonds. The third kappa shape index (κ3) is 4.70. The number of benzene rings is 2. The van der Waals surface area contributed by atoms with E-state index in [1.807, 2.05) is 6.07 Å². The number of fused-ring (bicyclic) bond motifs is 1. The second kappa shape index (κ2) is 9.01. The van der Waals surface area contributed by atoms with Gasteiger partial charge in [0.15, 0.2) is 6.10 Å². The lowest BCUT2D eigenvalue weighted by molar-refractivity contribution is -0.153. The van der Waals surface area contributed by atoms with Crippen LogP contribution in [0.3, 0.4) is 0 Å². The van der Waals surface area contributed by atoms with Crippen LogP contribution in [-0.2, 0) is 25.5 Å². The summed E-state index contributed by atoms with van der Waals surface area (Å²) in [7, 11) is 0. The number of carbonyl (C=O) groups is 4. The molecule has 1 N–H and O–H groups in total. The Bertz CT molecular complexity index is 1040. The summed E-state index contributed by atoms with van der Waals surface area (Å²) in [6.45, 7) is 1.30. The lowest BCUT2D eigenvalue weighted by Crippen LogP contribution is -2.43. The highest BCUT2D eigenvalue weighted by atomic mass is 16.5. The molecule has 3 rings (SSSR count). The fraction of sp³-hybridized carbons (Fsp3) is 0.227. The fourth-order valence-electron chi connectivity index (χ4n) is 3.01. The Hall–Kier alpha value is -3.99. The van der Waals surface area contributed by atoms with Gasteiger partial charge in [-0.1, -0.05) is 18.2 Å². The van der Waals surface area contributed by atoms with Gasteiger partial charge in [0.2, 0.25) is 5.91 Å². The van der Waals surface area contributed by atoms with Gasteiger partial charge in [-0.15, -0.1) is 0 Å². The molecule has 1 atom stereocenters. The number of anilines is 1. The molecule has 152 valence electrons. The predicted molar refractivity (Wildman–Crippen MR) is 106 cm³/mol. The first-order valence-electron chi connectivity index (χ1n) is 9.32. The Morgan fingerprint density at radius 2 is 1.87 bits per heavy atom. The van der Waals surface area contributed by atoms with Crippen molar-refractivity contribution in [3.05, 3.63) is 65.2 Å². The second-order valence-corrected chi connectivity index (χ2v) is 6.74. The number of rotatable bonds is 6. The molecule has 0 bridgehead atoms. The van der Waals surface area contributed by atoms with Gasteiger partial charge in [0, 0.05) is 17.8 Å². The van der Waals surface area contributed by atoms with Gasteiger partial charge in [0.25, 0.3) is 11.8 Å². The zero-order chi connectivity index (χ0) is 21.7. The molecular weight excluding hydrogens is 386 g/mol. The summed E-state index contributed by atoms with van der Waals surface area (Å²) >= 11 is 0. The molecule has 1 heterocycles. The van der Waals surface area contributed by atoms with Crippen LogP contribution in [0.2, 0.25) is 0 Å². The van der Waals surface area contributed by atoms with E-state index in [1.165, 1.54) is 6.92 Å². The van der Waals surface area contributed by atoms with Gasteiger partial charge in [-0.05, 0) is 42.8 Å². The molecule has 8 nitrogen and oxygen atoms in total. The van der Waals surface area contributed by atoms with Gasteiger partial charge in [-0.25, -0.2) is 0 Å². The molecule has 0 spiro atoms. The standard InChI is InChI=1S/C22H19N3O5/c1-14(21(28)24-17-8-6-15(13-23)7-9-17)30-20(27)10-11-25-19(26)12-16-4-2-3-5-18(16)22(25)29/h2-9,14H,10-12H2,1H3,(H,24,28)/t14-/m0/s1. The number of imide groups is 1. The lowest BCUT2D eigenvalue weighted by Gasteiger charge is -2.26. The summed E-state index contributed by atoms with van der Waals surface area (Å²) in [6.07, 6.45) is -1.18. The molecule has 0 saturated heterocycles. The SMILES string of the molecule is C[C@H](OC(=O)CCN1C(=O)Cc2ccccc2C1=O)C(=O)Nc1ccc(C#N)cc1. The third-order valence-electron chi connectivity index (χ3n) is 4.63. The van der Waals surface area contributed by atoms with Crippen molar-refractivity contribution >= 4 is 29.4 Å². The molecule has 2 aromatic carbocycles. The van der Waals surface area contributed by atoms with E-state index in [0.717, 1.165) is 4.90 Å². The van der Waals surface area contributed by atoms with Crippen LogP contribution in [0.25, 0.3) is 0 Å². The highest BCUT2D eigenvalue weighted by Crippen LogP contribution is 2.20. The van der Waals surface area contributed by atoms with Gasteiger partial charge in [-0.3, -0.25) is 24.1 Å². The first-order valence-corrected chi connectivity index (χ1v) is 9.32. The second-order valence-electron chi connectivity index (χ2n) is 6.74. The molecule has 0 saturated carbocycles. The quantitative estimate of drug-likeness (QED) is 0.581. The molecular formula is C22H19N3O5. The molecule has 0 unspecified atom stereocenters. The monoisotopic (exact) mass is 405 g/mol. The third-order valence-corrected chi connectivity index (χ3v) is 4.63. The summed E-state index contributed by atoms with van der Waals surface area (Å²) < 4.78 is 5.11. The van der Waals surface area contributed by atoms with Crippen molar-refractivity contribution in [1.29, 1.82) is 5.26 Å². The maximum atomic E-state index is 12.5. The topological polar surface area (TPSA) is 117 Å². The zero-order valence-electron chi connectivity index (χ0n) is 16.3. The summed E-state index contributed by atoms with van der Waals surface area (Å²) in [5.41, 5.74) is 2.03. The number of nitrogens with zero attached hydrogens (tertiary/aromatic N) is 2. The molecule has 1 aliphatic heterocycles. The zero-order valence-corrected chi connectivity index (χ0v) is 16.3. The minimum absolute atomic E-state index is 0.0976. The van der Waals surface area contributed by atoms with Gasteiger partial charge in [0.1, 0.15) is 0 Å². The van der Waals surface area contributed by atoms with Crippen molar-refractivity contribution in [2.24, 2.45) is 0 Å². The van der Waals surface area contributed by atoms with E-state index in [4.69, 9.17) is 10.00 Å². The maximum Gasteiger partial charge on any atom is 0.308 e. The predicted octanol–water partition coefficient (Wildman–Crippen LogP) is 2.04. The van der Waals surface area contributed by atoms with E-state index in [9.17, 15) is 19.2 Å². The van der Waals surface area contributed by atoms with Gasteiger partial charge in [-0.2, -0.15) is 5.26 Å². The number of hydrogen-bond acceptors (Lipinski definition) is 6. The maximum absolute atomic E-state index is 12.5. The van der Waals surface area contributed by atoms with Crippen LogP contribution in [0.15, 0.2) is 48.5 Å². The van der Waals surface area contributed by atoms with E-state index in [-0.39, 0.29) is 25.3 Å². The van der Waals surface area contributed by atoms with Crippen molar-refractivity contribution in [3.8, 4) is 6.07 Å². The molecule has 2 aromatic rings. The number of amides is 3. The van der Waals surface area contributed by atoms with Gasteiger partial charge >= 0.3 is 5.97 Å². The summed E-state index contributed by atoms with van der Waals surface area (Å²) in [4.78, 5) is 50.0. The minimum atomic E-state index is -1.07. The van der Waals surface area contributed by atoms with Crippen molar-refractivity contribution < 1.29 is 23.9 Å². The normalized spacial score (nSPS) is 13.8. The van der Waals surface area contributed by atoms with Crippen molar-refractivity contribution in [2.45, 2.75) is 25.9 Å². The van der Waals surface area contributed by atoms with Crippen LogP contribution in [0.4, 0.5) is 5.69 Å². The Kier molecular flexibility index (Phi) is 6.23. The van der Waals surface area contributed by atoms with E-state index >= 15 is 0 Å². The van der Waals surface area contributed by atoms with E-state index in [2.05, 4.69) is 5.32 Å². The first-order chi connectivity index (χ1) is 14.4.